The van der Waals surface area contributed by atoms with Crippen molar-refractivity contribution in [3.8, 4) is 0 Å². The molecule has 2 aliphatic rings. The van der Waals surface area contributed by atoms with Gasteiger partial charge >= 0.3 is 0 Å². The van der Waals surface area contributed by atoms with Crippen molar-refractivity contribution in [1.29, 1.82) is 0 Å². The van der Waals surface area contributed by atoms with E-state index in [0.717, 1.165) is 57.0 Å². The molecule has 0 atom stereocenters. The van der Waals surface area contributed by atoms with Gasteiger partial charge in [-0.2, -0.15) is 0 Å². The number of carbonyl (C=O) groups excluding carboxylic acids is 2. The third-order valence-electron chi connectivity index (χ3n) is 6.18. The summed E-state index contributed by atoms with van der Waals surface area (Å²) in [6.07, 6.45) is 6.40. The number of thiophene rings is 1. The molecule has 0 saturated carbocycles. The van der Waals surface area contributed by atoms with Gasteiger partial charge in [-0.05, 0) is 56.9 Å². The second-order valence-corrected chi connectivity index (χ2v) is 10.1. The Balaban J connectivity index is 1.22. The van der Waals surface area contributed by atoms with Gasteiger partial charge in [-0.3, -0.25) is 14.5 Å². The van der Waals surface area contributed by atoms with Gasteiger partial charge in [-0.25, -0.2) is 0 Å². The van der Waals surface area contributed by atoms with Gasteiger partial charge in [0.15, 0.2) is 5.11 Å². The summed E-state index contributed by atoms with van der Waals surface area (Å²) in [5.74, 6) is 0.260. The molecule has 2 saturated heterocycles. The Morgan fingerprint density at radius 1 is 1.10 bits per heavy atom. The number of unbranched alkanes of at least 4 members (excludes halogenated alkanes) is 4. The van der Waals surface area contributed by atoms with Crippen LogP contribution in [0.4, 0.5) is 0 Å². The molecule has 3 rings (SSSR count). The van der Waals surface area contributed by atoms with Crippen molar-refractivity contribution in [2.24, 2.45) is 0 Å². The van der Waals surface area contributed by atoms with Gasteiger partial charge in [0.05, 0.1) is 6.42 Å². The van der Waals surface area contributed by atoms with Crippen molar-refractivity contribution in [2.45, 2.75) is 57.9 Å². The minimum atomic E-state index is -0.523. The first-order valence-corrected chi connectivity index (χ1v) is 12.3. The van der Waals surface area contributed by atoms with E-state index in [1.807, 2.05) is 41.2 Å². The van der Waals surface area contributed by atoms with E-state index in [4.69, 9.17) is 12.2 Å². The van der Waals surface area contributed by atoms with Crippen LogP contribution in [0.15, 0.2) is 17.5 Å². The van der Waals surface area contributed by atoms with Crippen LogP contribution in [0.5, 0.6) is 0 Å². The van der Waals surface area contributed by atoms with Crippen molar-refractivity contribution < 1.29 is 9.59 Å². The van der Waals surface area contributed by atoms with Crippen molar-refractivity contribution in [1.82, 2.24) is 20.0 Å². The van der Waals surface area contributed by atoms with E-state index < -0.39 is 5.54 Å². The van der Waals surface area contributed by atoms with E-state index in [2.05, 4.69) is 10.2 Å². The van der Waals surface area contributed by atoms with Gasteiger partial charge in [0.2, 0.25) is 5.91 Å². The SMILES string of the molecule is CC1(C)C(=O)NC(=S)N1CCCCCCCN1CCN(C(=O)Cc2cccs2)CC1. The van der Waals surface area contributed by atoms with Gasteiger partial charge in [0.1, 0.15) is 5.54 Å². The summed E-state index contributed by atoms with van der Waals surface area (Å²) in [7, 11) is 0. The summed E-state index contributed by atoms with van der Waals surface area (Å²) in [5.41, 5.74) is -0.523. The predicted octanol–water partition coefficient (Wildman–Crippen LogP) is 2.88. The van der Waals surface area contributed by atoms with Gasteiger partial charge in [-0.15, -0.1) is 11.3 Å². The Bertz CT molecular complexity index is 728. The predicted molar refractivity (Wildman–Crippen MR) is 126 cm³/mol. The smallest absolute Gasteiger partial charge is 0.251 e. The standard InChI is InChI=1S/C22H34N4O2S2/c1-22(2)20(28)23-21(29)26(22)11-7-5-3-4-6-10-24-12-14-25(15-13-24)19(27)17-18-9-8-16-30-18/h8-9,16H,3-7,10-15,17H2,1-2H3,(H,23,28,29). The lowest BCUT2D eigenvalue weighted by Crippen LogP contribution is -2.49. The van der Waals surface area contributed by atoms with Crippen molar-refractivity contribution in [3.05, 3.63) is 22.4 Å². The van der Waals surface area contributed by atoms with Gasteiger partial charge in [0, 0.05) is 37.6 Å². The second kappa shape index (κ2) is 10.7. The molecule has 0 aliphatic carbocycles. The van der Waals surface area contributed by atoms with Crippen molar-refractivity contribution in [3.63, 3.8) is 0 Å². The molecule has 1 aromatic heterocycles. The quantitative estimate of drug-likeness (QED) is 0.439. The van der Waals surface area contributed by atoms with Gasteiger partial charge < -0.3 is 15.1 Å². The van der Waals surface area contributed by atoms with Gasteiger partial charge in [-0.1, -0.05) is 25.3 Å². The van der Waals surface area contributed by atoms with Crippen LogP contribution < -0.4 is 5.32 Å². The Morgan fingerprint density at radius 2 is 1.77 bits per heavy atom. The molecular weight excluding hydrogens is 416 g/mol. The Hall–Kier alpha value is -1.51. The minimum absolute atomic E-state index is 0.000758. The van der Waals surface area contributed by atoms with E-state index in [0.29, 0.717) is 11.5 Å². The van der Waals surface area contributed by atoms with Crippen LogP contribution in [0.2, 0.25) is 0 Å². The zero-order valence-electron chi connectivity index (χ0n) is 18.2. The number of carbonyl (C=O) groups is 2. The number of thiocarbonyl (C=S) groups is 1. The number of nitrogens with zero attached hydrogens (tertiary/aromatic N) is 3. The molecule has 0 unspecified atom stereocenters. The van der Waals surface area contributed by atoms with Gasteiger partial charge in [0.25, 0.3) is 5.91 Å². The molecule has 0 spiro atoms. The van der Waals surface area contributed by atoms with E-state index in [-0.39, 0.29) is 11.8 Å². The highest BCUT2D eigenvalue weighted by atomic mass is 32.1. The van der Waals surface area contributed by atoms with E-state index in [1.54, 1.807) is 11.3 Å². The summed E-state index contributed by atoms with van der Waals surface area (Å²) >= 11 is 6.93. The fraction of sp³-hybridized carbons (Fsp3) is 0.682. The number of nitrogens with one attached hydrogen (secondary N) is 1. The van der Waals surface area contributed by atoms with Crippen LogP contribution in [0, 0.1) is 0 Å². The molecule has 6 nitrogen and oxygen atoms in total. The summed E-state index contributed by atoms with van der Waals surface area (Å²) in [4.78, 5) is 32.0. The lowest BCUT2D eigenvalue weighted by Gasteiger charge is -2.34. The largest absolute Gasteiger partial charge is 0.340 e. The highest BCUT2D eigenvalue weighted by Crippen LogP contribution is 2.22. The van der Waals surface area contributed by atoms with Crippen LogP contribution in [0.1, 0.15) is 50.8 Å². The summed E-state index contributed by atoms with van der Waals surface area (Å²) in [6, 6.07) is 4.04. The first-order chi connectivity index (χ1) is 14.4. The first-order valence-electron chi connectivity index (χ1n) is 11.0. The van der Waals surface area contributed by atoms with Crippen LogP contribution in [0.25, 0.3) is 0 Å². The molecule has 2 aliphatic heterocycles. The monoisotopic (exact) mass is 450 g/mol. The molecule has 0 radical (unpaired) electrons. The normalized spacial score (nSPS) is 19.4. The number of rotatable bonds is 10. The minimum Gasteiger partial charge on any atom is -0.340 e. The molecule has 30 heavy (non-hydrogen) atoms. The molecule has 1 N–H and O–H groups in total. The molecule has 0 aromatic carbocycles. The molecule has 166 valence electrons. The van der Waals surface area contributed by atoms with Crippen molar-refractivity contribution in [2.75, 3.05) is 39.3 Å². The summed E-state index contributed by atoms with van der Waals surface area (Å²) in [6.45, 7) is 9.48. The number of hydrogen-bond acceptors (Lipinski definition) is 5. The van der Waals surface area contributed by atoms with Crippen LogP contribution >= 0.6 is 23.6 Å². The fourth-order valence-corrected chi connectivity index (χ4v) is 5.21. The summed E-state index contributed by atoms with van der Waals surface area (Å²) in [5, 5.41) is 5.36. The zero-order valence-corrected chi connectivity index (χ0v) is 19.8. The summed E-state index contributed by atoms with van der Waals surface area (Å²) < 4.78 is 0. The Morgan fingerprint density at radius 3 is 2.37 bits per heavy atom. The maximum Gasteiger partial charge on any atom is 0.251 e. The highest BCUT2D eigenvalue weighted by Gasteiger charge is 2.42. The molecule has 0 bridgehead atoms. The molecule has 2 fully saturated rings. The van der Waals surface area contributed by atoms with Crippen LogP contribution in [0.3, 0.4) is 0 Å². The molecule has 3 heterocycles. The third kappa shape index (κ3) is 6.02. The average Bonchev–Trinajstić information content (AvgIpc) is 3.29. The molecule has 1 aromatic rings. The lowest BCUT2D eigenvalue weighted by molar-refractivity contribution is -0.132. The topological polar surface area (TPSA) is 55.9 Å². The fourth-order valence-electron chi connectivity index (χ4n) is 4.11. The molecule has 2 amide bonds. The number of amides is 2. The molecule has 8 heteroatoms. The molecular formula is C22H34N4O2S2. The highest BCUT2D eigenvalue weighted by molar-refractivity contribution is 7.80. The van der Waals surface area contributed by atoms with Crippen LogP contribution in [-0.2, 0) is 16.0 Å². The van der Waals surface area contributed by atoms with E-state index in [9.17, 15) is 9.59 Å². The lowest BCUT2D eigenvalue weighted by atomic mass is 10.0. The Labute approximate surface area is 189 Å². The van der Waals surface area contributed by atoms with E-state index in [1.165, 1.54) is 19.3 Å². The first kappa shape index (κ1) is 23.2. The van der Waals surface area contributed by atoms with Crippen molar-refractivity contribution >= 4 is 40.5 Å². The zero-order chi connectivity index (χ0) is 21.6. The maximum atomic E-state index is 12.4. The number of piperazine rings is 1. The second-order valence-electron chi connectivity index (χ2n) is 8.72. The maximum absolute atomic E-state index is 12.4. The number of hydrogen-bond donors (Lipinski definition) is 1. The average molecular weight is 451 g/mol. The third-order valence-corrected chi connectivity index (χ3v) is 7.38. The van der Waals surface area contributed by atoms with Crippen LogP contribution in [-0.4, -0.2) is 76.4 Å². The van der Waals surface area contributed by atoms with E-state index >= 15 is 0 Å². The Kier molecular flexibility index (Phi) is 8.25.